The zero-order valence-electron chi connectivity index (χ0n) is 10.8. The minimum atomic E-state index is -4.96. The number of hydrogen-bond donors (Lipinski definition) is 1. The Morgan fingerprint density at radius 1 is 1.00 bits per heavy atom. The molecule has 0 saturated carbocycles. The number of nitrogens with zero attached hydrogens (tertiary/aromatic N) is 1. The molecule has 0 aliphatic heterocycles. The van der Waals surface area contributed by atoms with E-state index in [1.165, 1.54) is 12.1 Å². The van der Waals surface area contributed by atoms with Gasteiger partial charge in [-0.25, -0.2) is 4.98 Å². The summed E-state index contributed by atoms with van der Waals surface area (Å²) in [5.41, 5.74) is -3.74. The summed E-state index contributed by atoms with van der Waals surface area (Å²) in [6.07, 6.45) is -9.86. The van der Waals surface area contributed by atoms with Gasteiger partial charge in [0, 0.05) is 0 Å². The molecular formula is C13H5ClF6N2S. The molecule has 1 aromatic carbocycles. The molecule has 0 bridgehead atoms. The Bertz CT molecular complexity index is 877. The van der Waals surface area contributed by atoms with Crippen LogP contribution in [-0.2, 0) is 12.4 Å². The van der Waals surface area contributed by atoms with Gasteiger partial charge in [-0.1, -0.05) is 11.6 Å². The third kappa shape index (κ3) is 3.02. The molecule has 0 atom stereocenters. The SMILES string of the molecule is FC(F)(F)c1cc(C(F)(F)F)c2nc(-c3ccc(Cl)s3)[nH]c2c1. The number of hydrogen-bond acceptors (Lipinski definition) is 2. The Hall–Kier alpha value is -1.74. The van der Waals surface area contributed by atoms with Crippen molar-refractivity contribution in [3.05, 3.63) is 39.7 Å². The molecule has 0 radical (unpaired) electrons. The van der Waals surface area contributed by atoms with Crippen LogP contribution in [0.1, 0.15) is 11.1 Å². The van der Waals surface area contributed by atoms with Crippen LogP contribution in [0.3, 0.4) is 0 Å². The summed E-state index contributed by atoms with van der Waals surface area (Å²) in [6.45, 7) is 0. The van der Waals surface area contributed by atoms with Crippen LogP contribution in [0.4, 0.5) is 26.3 Å². The Morgan fingerprint density at radius 3 is 2.22 bits per heavy atom. The van der Waals surface area contributed by atoms with Crippen LogP contribution >= 0.6 is 22.9 Å². The highest BCUT2D eigenvalue weighted by atomic mass is 35.5. The monoisotopic (exact) mass is 370 g/mol. The molecule has 0 saturated heterocycles. The van der Waals surface area contributed by atoms with Crippen LogP contribution in [0.5, 0.6) is 0 Å². The molecule has 23 heavy (non-hydrogen) atoms. The Labute approximate surface area is 133 Å². The molecule has 0 unspecified atom stereocenters. The molecule has 122 valence electrons. The van der Waals surface area contributed by atoms with Crippen LogP contribution in [0.2, 0.25) is 4.34 Å². The van der Waals surface area contributed by atoms with Crippen molar-refractivity contribution in [2.24, 2.45) is 0 Å². The van der Waals surface area contributed by atoms with E-state index in [-0.39, 0.29) is 17.4 Å². The minimum absolute atomic E-state index is 0.0294. The molecule has 2 nitrogen and oxygen atoms in total. The number of aromatic amines is 1. The van der Waals surface area contributed by atoms with Crippen molar-refractivity contribution in [1.82, 2.24) is 9.97 Å². The summed E-state index contributed by atoms with van der Waals surface area (Å²) in [6, 6.07) is 3.70. The van der Waals surface area contributed by atoms with Gasteiger partial charge in [-0.05, 0) is 24.3 Å². The van der Waals surface area contributed by atoms with Gasteiger partial charge in [0.2, 0.25) is 0 Å². The second kappa shape index (κ2) is 5.13. The molecule has 0 spiro atoms. The van der Waals surface area contributed by atoms with Gasteiger partial charge in [0.25, 0.3) is 0 Å². The number of halogens is 7. The molecule has 1 N–H and O–H groups in total. The lowest BCUT2D eigenvalue weighted by molar-refractivity contribution is -0.142. The van der Waals surface area contributed by atoms with E-state index in [1.54, 1.807) is 0 Å². The molecule has 0 fully saturated rings. The van der Waals surface area contributed by atoms with Crippen molar-refractivity contribution in [3.63, 3.8) is 0 Å². The molecule has 10 heteroatoms. The van der Waals surface area contributed by atoms with E-state index in [9.17, 15) is 26.3 Å². The number of nitrogens with one attached hydrogen (secondary N) is 1. The van der Waals surface area contributed by atoms with E-state index in [0.29, 0.717) is 15.3 Å². The third-order valence-electron chi connectivity index (χ3n) is 3.03. The molecule has 0 amide bonds. The van der Waals surface area contributed by atoms with E-state index in [0.717, 1.165) is 11.3 Å². The Kier molecular flexibility index (Phi) is 3.60. The maximum atomic E-state index is 13.1. The van der Waals surface area contributed by atoms with Crippen molar-refractivity contribution in [2.75, 3.05) is 0 Å². The maximum Gasteiger partial charge on any atom is 0.418 e. The van der Waals surface area contributed by atoms with Crippen molar-refractivity contribution < 1.29 is 26.3 Å². The van der Waals surface area contributed by atoms with Crippen LogP contribution in [0.25, 0.3) is 21.7 Å². The zero-order valence-corrected chi connectivity index (χ0v) is 12.4. The summed E-state index contributed by atoms with van der Waals surface area (Å²) < 4.78 is 78.0. The van der Waals surface area contributed by atoms with Gasteiger partial charge in [0.05, 0.1) is 25.9 Å². The first-order valence-electron chi connectivity index (χ1n) is 5.99. The van der Waals surface area contributed by atoms with E-state index in [1.807, 2.05) is 0 Å². The normalized spacial score (nSPS) is 13.0. The topological polar surface area (TPSA) is 28.7 Å². The highest BCUT2D eigenvalue weighted by Crippen LogP contribution is 2.40. The number of aromatic nitrogens is 2. The molecule has 3 aromatic rings. The quantitative estimate of drug-likeness (QED) is 0.524. The van der Waals surface area contributed by atoms with E-state index in [4.69, 9.17) is 11.6 Å². The van der Waals surface area contributed by atoms with Crippen LogP contribution in [-0.4, -0.2) is 9.97 Å². The molecule has 0 aliphatic rings. The Balaban J connectivity index is 2.28. The van der Waals surface area contributed by atoms with Crippen LogP contribution < -0.4 is 0 Å². The lowest BCUT2D eigenvalue weighted by Crippen LogP contribution is -2.11. The van der Waals surface area contributed by atoms with Gasteiger partial charge < -0.3 is 4.98 Å². The summed E-state index contributed by atoms with van der Waals surface area (Å²) in [7, 11) is 0. The molecule has 3 rings (SSSR count). The minimum Gasteiger partial charge on any atom is -0.337 e. The van der Waals surface area contributed by atoms with Gasteiger partial charge in [-0.15, -0.1) is 11.3 Å². The van der Waals surface area contributed by atoms with Gasteiger partial charge in [-0.2, -0.15) is 26.3 Å². The summed E-state index contributed by atoms with van der Waals surface area (Å²) in [5, 5.41) is 0. The largest absolute Gasteiger partial charge is 0.418 e. The van der Waals surface area contributed by atoms with Gasteiger partial charge in [-0.3, -0.25) is 0 Å². The summed E-state index contributed by atoms with van der Waals surface area (Å²) in [5.74, 6) is 0.0294. The van der Waals surface area contributed by atoms with E-state index >= 15 is 0 Å². The first-order chi connectivity index (χ1) is 10.6. The average molecular weight is 371 g/mol. The predicted molar refractivity (Wildman–Crippen MR) is 74.4 cm³/mol. The number of rotatable bonds is 1. The van der Waals surface area contributed by atoms with Crippen LogP contribution in [0, 0.1) is 0 Å². The van der Waals surface area contributed by atoms with E-state index in [2.05, 4.69) is 9.97 Å². The number of thiophene rings is 1. The second-order valence-electron chi connectivity index (χ2n) is 4.60. The van der Waals surface area contributed by atoms with Crippen LogP contribution in [0.15, 0.2) is 24.3 Å². The van der Waals surface area contributed by atoms with Crippen molar-refractivity contribution in [2.45, 2.75) is 12.4 Å². The number of benzene rings is 1. The highest BCUT2D eigenvalue weighted by molar-refractivity contribution is 7.19. The number of alkyl halides is 6. The fourth-order valence-electron chi connectivity index (χ4n) is 2.06. The fourth-order valence-corrected chi connectivity index (χ4v) is 3.04. The van der Waals surface area contributed by atoms with Crippen molar-refractivity contribution in [1.29, 1.82) is 0 Å². The number of imidazole rings is 1. The number of H-pyrrole nitrogens is 1. The summed E-state index contributed by atoms with van der Waals surface area (Å²) >= 11 is 6.79. The first kappa shape index (κ1) is 16.1. The molecule has 2 heterocycles. The van der Waals surface area contributed by atoms with E-state index < -0.39 is 29.0 Å². The fraction of sp³-hybridized carbons (Fsp3) is 0.154. The summed E-state index contributed by atoms with van der Waals surface area (Å²) in [4.78, 5) is 6.71. The lowest BCUT2D eigenvalue weighted by Gasteiger charge is -2.11. The van der Waals surface area contributed by atoms with Crippen molar-refractivity contribution >= 4 is 34.0 Å². The zero-order chi connectivity index (χ0) is 17.0. The maximum absolute atomic E-state index is 13.1. The van der Waals surface area contributed by atoms with Gasteiger partial charge in [0.15, 0.2) is 0 Å². The predicted octanol–water partition coefficient (Wildman–Crippen LogP) is 5.98. The first-order valence-corrected chi connectivity index (χ1v) is 7.19. The molecule has 0 aliphatic carbocycles. The smallest absolute Gasteiger partial charge is 0.337 e. The third-order valence-corrected chi connectivity index (χ3v) is 4.26. The number of fused-ring (bicyclic) bond motifs is 1. The van der Waals surface area contributed by atoms with Gasteiger partial charge in [0.1, 0.15) is 11.3 Å². The van der Waals surface area contributed by atoms with Gasteiger partial charge >= 0.3 is 12.4 Å². The average Bonchev–Trinajstić information content (AvgIpc) is 3.00. The standard InChI is InChI=1S/C13H5ClF6N2S/c14-9-2-1-8(23-9)11-21-7-4-5(12(15,16)17)3-6(10(7)22-11)13(18,19)20/h1-4H,(H,21,22). The molecule has 2 aromatic heterocycles. The molecular weight excluding hydrogens is 366 g/mol. The lowest BCUT2D eigenvalue weighted by atomic mass is 10.1. The van der Waals surface area contributed by atoms with Crippen molar-refractivity contribution in [3.8, 4) is 10.7 Å². The highest BCUT2D eigenvalue weighted by Gasteiger charge is 2.39. The Morgan fingerprint density at radius 2 is 1.70 bits per heavy atom. The second-order valence-corrected chi connectivity index (χ2v) is 6.32.